The van der Waals surface area contributed by atoms with Crippen LogP contribution in [0.15, 0.2) is 24.3 Å². The maximum absolute atomic E-state index is 11.3. The van der Waals surface area contributed by atoms with E-state index >= 15 is 0 Å². The molecule has 0 aliphatic carbocycles. The van der Waals surface area contributed by atoms with Gasteiger partial charge < -0.3 is 11.1 Å². The maximum Gasteiger partial charge on any atom is 0.329 e. The van der Waals surface area contributed by atoms with Crippen molar-refractivity contribution in [2.45, 2.75) is 0 Å². The highest BCUT2D eigenvalue weighted by molar-refractivity contribution is 6.21. The number of urea groups is 1. The standard InChI is InChI=1S/C9H9N3O2/c10-6-3-1-2-4-7(6)12-8(13)5-11-9(12)14/h1-4H,5,10H2,(H,11,14). The smallest absolute Gasteiger partial charge is 0.329 e. The fraction of sp³-hybridized carbons (Fsp3) is 0.111. The number of carbonyl (C=O) groups is 2. The molecule has 1 aromatic carbocycles. The van der Waals surface area contributed by atoms with E-state index in [-0.39, 0.29) is 12.5 Å². The molecule has 3 amide bonds. The van der Waals surface area contributed by atoms with Crippen LogP contribution in [0.1, 0.15) is 0 Å². The summed E-state index contributed by atoms with van der Waals surface area (Å²) in [7, 11) is 0. The lowest BCUT2D eigenvalue weighted by molar-refractivity contribution is -0.115. The number of nitrogens with two attached hydrogens (primary N) is 1. The molecule has 1 aromatic rings. The van der Waals surface area contributed by atoms with Crippen LogP contribution in [0.25, 0.3) is 0 Å². The van der Waals surface area contributed by atoms with Crippen LogP contribution in [0.3, 0.4) is 0 Å². The minimum Gasteiger partial charge on any atom is -0.397 e. The van der Waals surface area contributed by atoms with E-state index in [1.807, 2.05) is 0 Å². The van der Waals surface area contributed by atoms with Crippen LogP contribution in [0.4, 0.5) is 16.2 Å². The minimum atomic E-state index is -0.423. The van der Waals surface area contributed by atoms with Crippen LogP contribution >= 0.6 is 0 Å². The molecule has 1 saturated heterocycles. The van der Waals surface area contributed by atoms with Crippen molar-refractivity contribution < 1.29 is 9.59 Å². The number of para-hydroxylation sites is 2. The summed E-state index contributed by atoms with van der Waals surface area (Å²) >= 11 is 0. The molecule has 72 valence electrons. The molecule has 1 fully saturated rings. The first-order chi connectivity index (χ1) is 6.70. The first-order valence-electron chi connectivity index (χ1n) is 4.15. The monoisotopic (exact) mass is 191 g/mol. The third-order valence-corrected chi connectivity index (χ3v) is 2.02. The average molecular weight is 191 g/mol. The summed E-state index contributed by atoms with van der Waals surface area (Å²) in [5.41, 5.74) is 6.50. The van der Waals surface area contributed by atoms with Crippen molar-refractivity contribution >= 4 is 23.3 Å². The summed E-state index contributed by atoms with van der Waals surface area (Å²) in [6.45, 7) is 0.0349. The number of nitrogens with one attached hydrogen (secondary N) is 1. The third kappa shape index (κ3) is 1.19. The number of benzene rings is 1. The number of amides is 3. The average Bonchev–Trinajstić information content (AvgIpc) is 2.48. The zero-order chi connectivity index (χ0) is 10.1. The molecule has 14 heavy (non-hydrogen) atoms. The summed E-state index contributed by atoms with van der Waals surface area (Å²) in [4.78, 5) is 23.7. The number of rotatable bonds is 1. The predicted octanol–water partition coefficient (Wildman–Crippen LogP) is 0.325. The number of hydrogen-bond acceptors (Lipinski definition) is 3. The van der Waals surface area contributed by atoms with Crippen LogP contribution in [0, 0.1) is 0 Å². The fourth-order valence-corrected chi connectivity index (χ4v) is 1.36. The van der Waals surface area contributed by atoms with E-state index < -0.39 is 6.03 Å². The number of anilines is 2. The normalized spacial score (nSPS) is 15.9. The molecule has 0 bridgehead atoms. The summed E-state index contributed by atoms with van der Waals surface area (Å²) < 4.78 is 0. The Kier molecular flexibility index (Phi) is 1.85. The zero-order valence-corrected chi connectivity index (χ0v) is 7.36. The predicted molar refractivity (Wildman–Crippen MR) is 51.7 cm³/mol. The Morgan fingerprint density at radius 3 is 2.57 bits per heavy atom. The van der Waals surface area contributed by atoms with Gasteiger partial charge in [0, 0.05) is 0 Å². The van der Waals surface area contributed by atoms with Gasteiger partial charge in [-0.05, 0) is 12.1 Å². The Morgan fingerprint density at radius 1 is 1.29 bits per heavy atom. The highest BCUT2D eigenvalue weighted by atomic mass is 16.2. The maximum atomic E-state index is 11.3. The van der Waals surface area contributed by atoms with Crippen LogP contribution in [-0.4, -0.2) is 18.5 Å². The number of imide groups is 1. The molecule has 0 aromatic heterocycles. The molecule has 0 atom stereocenters. The van der Waals surface area contributed by atoms with Crippen LogP contribution in [0.2, 0.25) is 0 Å². The van der Waals surface area contributed by atoms with E-state index in [0.717, 1.165) is 4.90 Å². The third-order valence-electron chi connectivity index (χ3n) is 2.02. The second-order valence-electron chi connectivity index (χ2n) is 2.95. The molecule has 0 spiro atoms. The number of nitrogens with zero attached hydrogens (tertiary/aromatic N) is 1. The SMILES string of the molecule is Nc1ccccc1N1C(=O)CNC1=O. The van der Waals surface area contributed by atoms with Gasteiger partial charge in [-0.15, -0.1) is 0 Å². The first-order valence-corrected chi connectivity index (χ1v) is 4.15. The molecule has 0 unspecified atom stereocenters. The van der Waals surface area contributed by atoms with Crippen molar-refractivity contribution in [2.24, 2.45) is 0 Å². The van der Waals surface area contributed by atoms with Gasteiger partial charge in [0.05, 0.1) is 17.9 Å². The van der Waals surface area contributed by atoms with Gasteiger partial charge in [0.15, 0.2) is 0 Å². The van der Waals surface area contributed by atoms with E-state index in [4.69, 9.17) is 5.73 Å². The number of carbonyl (C=O) groups excluding carboxylic acids is 2. The topological polar surface area (TPSA) is 75.4 Å². The van der Waals surface area contributed by atoms with E-state index in [1.54, 1.807) is 24.3 Å². The second kappa shape index (κ2) is 3.02. The summed E-state index contributed by atoms with van der Waals surface area (Å²) in [5, 5.41) is 2.43. The summed E-state index contributed by atoms with van der Waals surface area (Å²) in [5.74, 6) is -0.284. The fourth-order valence-electron chi connectivity index (χ4n) is 1.36. The number of hydrogen-bond donors (Lipinski definition) is 2. The van der Waals surface area contributed by atoms with Crippen molar-refractivity contribution in [2.75, 3.05) is 17.2 Å². The second-order valence-corrected chi connectivity index (χ2v) is 2.95. The molecular weight excluding hydrogens is 182 g/mol. The van der Waals surface area contributed by atoms with Gasteiger partial charge in [0.2, 0.25) is 0 Å². The van der Waals surface area contributed by atoms with Crippen molar-refractivity contribution in [1.82, 2.24) is 5.32 Å². The van der Waals surface area contributed by atoms with Gasteiger partial charge in [0.25, 0.3) is 5.91 Å². The molecule has 3 N–H and O–H groups in total. The Balaban J connectivity index is 2.44. The van der Waals surface area contributed by atoms with Gasteiger partial charge >= 0.3 is 6.03 Å². The van der Waals surface area contributed by atoms with Crippen LogP contribution < -0.4 is 16.0 Å². The van der Waals surface area contributed by atoms with Crippen molar-refractivity contribution in [3.63, 3.8) is 0 Å². The molecular formula is C9H9N3O2. The molecule has 5 heteroatoms. The highest BCUT2D eigenvalue weighted by Gasteiger charge is 2.30. The largest absolute Gasteiger partial charge is 0.397 e. The van der Waals surface area contributed by atoms with Crippen molar-refractivity contribution in [1.29, 1.82) is 0 Å². The number of nitrogen functional groups attached to an aromatic ring is 1. The lowest BCUT2D eigenvalue weighted by atomic mass is 10.2. The molecule has 0 saturated carbocycles. The van der Waals surface area contributed by atoms with Gasteiger partial charge in [-0.2, -0.15) is 0 Å². The van der Waals surface area contributed by atoms with Crippen LogP contribution in [0.5, 0.6) is 0 Å². The molecule has 1 aliphatic heterocycles. The van der Waals surface area contributed by atoms with Gasteiger partial charge in [-0.3, -0.25) is 4.79 Å². The summed E-state index contributed by atoms with van der Waals surface area (Å²) in [6, 6.07) is 6.33. The quantitative estimate of drug-likeness (QED) is 0.496. The van der Waals surface area contributed by atoms with E-state index in [1.165, 1.54) is 0 Å². The molecule has 2 rings (SSSR count). The van der Waals surface area contributed by atoms with Crippen molar-refractivity contribution in [3.8, 4) is 0 Å². The minimum absolute atomic E-state index is 0.0349. The van der Waals surface area contributed by atoms with Crippen molar-refractivity contribution in [3.05, 3.63) is 24.3 Å². The molecule has 1 heterocycles. The van der Waals surface area contributed by atoms with E-state index in [0.29, 0.717) is 11.4 Å². The van der Waals surface area contributed by atoms with Gasteiger partial charge in [0.1, 0.15) is 0 Å². The molecule has 0 radical (unpaired) electrons. The van der Waals surface area contributed by atoms with E-state index in [2.05, 4.69) is 5.32 Å². The Labute approximate surface area is 80.5 Å². The lowest BCUT2D eigenvalue weighted by Gasteiger charge is -2.13. The van der Waals surface area contributed by atoms with E-state index in [9.17, 15) is 9.59 Å². The zero-order valence-electron chi connectivity index (χ0n) is 7.36. The first kappa shape index (κ1) is 8.55. The Bertz CT molecular complexity index is 387. The highest BCUT2D eigenvalue weighted by Crippen LogP contribution is 2.23. The van der Waals surface area contributed by atoms with Gasteiger partial charge in [-0.1, -0.05) is 12.1 Å². The lowest BCUT2D eigenvalue weighted by Crippen LogP contribution is -2.31. The summed E-state index contributed by atoms with van der Waals surface area (Å²) in [6.07, 6.45) is 0. The van der Waals surface area contributed by atoms with Crippen LogP contribution in [-0.2, 0) is 4.79 Å². The molecule has 5 nitrogen and oxygen atoms in total. The van der Waals surface area contributed by atoms with Gasteiger partial charge in [-0.25, -0.2) is 9.69 Å². The molecule has 1 aliphatic rings. The Morgan fingerprint density at radius 2 is 2.00 bits per heavy atom. The Hall–Kier alpha value is -2.04.